The zero-order chi connectivity index (χ0) is 28.7. The van der Waals surface area contributed by atoms with Crippen molar-refractivity contribution in [2.75, 3.05) is 26.4 Å². The normalized spacial score (nSPS) is 23.0. The van der Waals surface area contributed by atoms with E-state index in [1.165, 1.54) is 18.4 Å². The zero-order valence-corrected chi connectivity index (χ0v) is 25.6. The van der Waals surface area contributed by atoms with Gasteiger partial charge in [-0.25, -0.2) is 4.39 Å². The molecule has 0 atom stereocenters. The first-order valence-corrected chi connectivity index (χ1v) is 16.4. The first-order valence-electron chi connectivity index (χ1n) is 16.4. The third-order valence-corrected chi connectivity index (χ3v) is 8.89. The molecule has 228 valence electrons. The second kappa shape index (κ2) is 17.9. The molecule has 0 aromatic heterocycles. The standard InChI is InChI=1S/C36H53FO4/c1-28-9-15-32(16-10-28)38-23-5-3-4-6-24-39-34-19-21-35(22-20-34)41-26-8-7-25-40-33-17-13-30(14-18-33)31-12-11-29(2)36(37)27-31/h9-12,15-16,27,30,33-35H,3-8,13-14,17-26H2,1-2H3. The van der Waals surface area contributed by atoms with Crippen LogP contribution in [0, 0.1) is 19.7 Å². The molecule has 2 saturated carbocycles. The molecule has 2 fully saturated rings. The van der Waals surface area contributed by atoms with E-state index >= 15 is 0 Å². The van der Waals surface area contributed by atoms with Gasteiger partial charge in [-0.3, -0.25) is 0 Å². The SMILES string of the molecule is Cc1ccc(OCCCCCCOC2CCC(OCCCCOC3CCC(c4ccc(C)c(F)c4)CC3)CC2)cc1. The topological polar surface area (TPSA) is 36.9 Å². The van der Waals surface area contributed by atoms with Crippen LogP contribution in [0.15, 0.2) is 42.5 Å². The third kappa shape index (κ3) is 11.7. The molecule has 2 aromatic carbocycles. The van der Waals surface area contributed by atoms with Crippen LogP contribution in [-0.2, 0) is 14.2 Å². The third-order valence-electron chi connectivity index (χ3n) is 8.89. The molecule has 0 heterocycles. The highest BCUT2D eigenvalue weighted by Gasteiger charge is 2.24. The molecule has 0 bridgehead atoms. The molecule has 5 heteroatoms. The number of ether oxygens (including phenoxy) is 4. The summed E-state index contributed by atoms with van der Waals surface area (Å²) in [6, 6.07) is 14.0. The highest BCUT2D eigenvalue weighted by Crippen LogP contribution is 2.34. The molecule has 0 spiro atoms. The molecule has 0 unspecified atom stereocenters. The molecule has 4 rings (SSSR count). The van der Waals surface area contributed by atoms with Crippen LogP contribution in [0.2, 0.25) is 0 Å². The van der Waals surface area contributed by atoms with Crippen molar-refractivity contribution >= 4 is 0 Å². The van der Waals surface area contributed by atoms with Crippen LogP contribution in [-0.4, -0.2) is 44.7 Å². The average molecular weight is 569 g/mol. The van der Waals surface area contributed by atoms with Crippen molar-refractivity contribution < 1.29 is 23.3 Å². The predicted molar refractivity (Wildman–Crippen MR) is 164 cm³/mol. The number of hydrogen-bond donors (Lipinski definition) is 0. The molecule has 41 heavy (non-hydrogen) atoms. The van der Waals surface area contributed by atoms with Crippen LogP contribution < -0.4 is 4.74 Å². The van der Waals surface area contributed by atoms with E-state index < -0.39 is 0 Å². The molecule has 0 aliphatic heterocycles. The number of hydrogen-bond acceptors (Lipinski definition) is 4. The van der Waals surface area contributed by atoms with Gasteiger partial charge in [-0.1, -0.05) is 36.2 Å². The Hall–Kier alpha value is -1.95. The Balaban J connectivity index is 0.920. The van der Waals surface area contributed by atoms with Gasteiger partial charge in [0.05, 0.1) is 24.9 Å². The molecule has 0 saturated heterocycles. The fourth-order valence-electron chi connectivity index (χ4n) is 6.13. The first kappa shape index (κ1) is 32.0. The van der Waals surface area contributed by atoms with Crippen LogP contribution in [0.5, 0.6) is 5.75 Å². The van der Waals surface area contributed by atoms with E-state index in [1.54, 1.807) is 6.07 Å². The van der Waals surface area contributed by atoms with Crippen LogP contribution in [0.3, 0.4) is 0 Å². The van der Waals surface area contributed by atoms with Crippen molar-refractivity contribution in [1.82, 2.24) is 0 Å². The minimum atomic E-state index is -0.0808. The van der Waals surface area contributed by atoms with E-state index in [9.17, 15) is 4.39 Å². The van der Waals surface area contributed by atoms with E-state index in [2.05, 4.69) is 25.1 Å². The molecule has 2 aromatic rings. The Morgan fingerprint density at radius 3 is 1.61 bits per heavy atom. The summed E-state index contributed by atoms with van der Waals surface area (Å²) in [5, 5.41) is 0. The first-order chi connectivity index (χ1) is 20.1. The maximum atomic E-state index is 13.9. The lowest BCUT2D eigenvalue weighted by atomic mass is 9.82. The maximum absolute atomic E-state index is 13.9. The summed E-state index contributed by atoms with van der Waals surface area (Å²) in [7, 11) is 0. The van der Waals surface area contributed by atoms with Gasteiger partial charge < -0.3 is 18.9 Å². The largest absolute Gasteiger partial charge is 0.494 e. The number of benzene rings is 2. The van der Waals surface area contributed by atoms with Crippen LogP contribution in [0.4, 0.5) is 4.39 Å². The van der Waals surface area contributed by atoms with Gasteiger partial charge in [0.2, 0.25) is 0 Å². The molecule has 2 aliphatic rings. The molecule has 0 radical (unpaired) electrons. The number of rotatable bonds is 17. The summed E-state index contributed by atoms with van der Waals surface area (Å²) < 4.78 is 38.2. The minimum absolute atomic E-state index is 0.0808. The molecule has 4 nitrogen and oxygen atoms in total. The lowest BCUT2D eigenvalue weighted by Gasteiger charge is -2.29. The van der Waals surface area contributed by atoms with E-state index in [1.807, 2.05) is 25.1 Å². The number of halogens is 1. The summed E-state index contributed by atoms with van der Waals surface area (Å²) >= 11 is 0. The summed E-state index contributed by atoms with van der Waals surface area (Å²) in [5.74, 6) is 1.36. The van der Waals surface area contributed by atoms with Gasteiger partial charge in [0.15, 0.2) is 0 Å². The summed E-state index contributed by atoms with van der Waals surface area (Å²) in [6.45, 7) is 7.24. The average Bonchev–Trinajstić information content (AvgIpc) is 2.99. The fourth-order valence-corrected chi connectivity index (χ4v) is 6.13. The zero-order valence-electron chi connectivity index (χ0n) is 25.6. The van der Waals surface area contributed by atoms with Gasteiger partial charge >= 0.3 is 0 Å². The maximum Gasteiger partial charge on any atom is 0.126 e. The van der Waals surface area contributed by atoms with Gasteiger partial charge in [-0.05, 0) is 133 Å². The lowest BCUT2D eigenvalue weighted by Crippen LogP contribution is -2.27. The second-order valence-electron chi connectivity index (χ2n) is 12.3. The molecule has 0 N–H and O–H groups in total. The minimum Gasteiger partial charge on any atom is -0.494 e. The van der Waals surface area contributed by atoms with E-state index in [4.69, 9.17) is 18.9 Å². The van der Waals surface area contributed by atoms with Gasteiger partial charge in [0.1, 0.15) is 11.6 Å². The Morgan fingerprint density at radius 2 is 1.07 bits per heavy atom. The Kier molecular flexibility index (Phi) is 13.9. The summed E-state index contributed by atoms with van der Waals surface area (Å²) in [5.41, 5.74) is 3.14. The van der Waals surface area contributed by atoms with E-state index in [-0.39, 0.29) is 5.82 Å². The van der Waals surface area contributed by atoms with Crippen molar-refractivity contribution in [2.45, 2.75) is 128 Å². The van der Waals surface area contributed by atoms with Gasteiger partial charge in [0, 0.05) is 19.8 Å². The Bertz CT molecular complexity index is 978. The van der Waals surface area contributed by atoms with Crippen molar-refractivity contribution in [3.05, 3.63) is 65.0 Å². The van der Waals surface area contributed by atoms with E-state index in [0.717, 1.165) is 120 Å². The molecular formula is C36H53FO4. The quantitative estimate of drug-likeness (QED) is 0.178. The van der Waals surface area contributed by atoms with Crippen molar-refractivity contribution in [2.24, 2.45) is 0 Å². The molecule has 0 amide bonds. The molecule has 2 aliphatic carbocycles. The fraction of sp³-hybridized carbons (Fsp3) is 0.667. The summed E-state index contributed by atoms with van der Waals surface area (Å²) in [6.07, 6.45) is 16.7. The van der Waals surface area contributed by atoms with Crippen molar-refractivity contribution in [1.29, 1.82) is 0 Å². The number of aryl methyl sites for hydroxylation is 2. The van der Waals surface area contributed by atoms with Crippen molar-refractivity contribution in [3.63, 3.8) is 0 Å². The van der Waals surface area contributed by atoms with Crippen LogP contribution in [0.25, 0.3) is 0 Å². The monoisotopic (exact) mass is 568 g/mol. The van der Waals surface area contributed by atoms with E-state index in [0.29, 0.717) is 24.2 Å². The highest BCUT2D eigenvalue weighted by atomic mass is 19.1. The van der Waals surface area contributed by atoms with Crippen LogP contribution >= 0.6 is 0 Å². The van der Waals surface area contributed by atoms with Gasteiger partial charge in [-0.2, -0.15) is 0 Å². The Morgan fingerprint density at radius 1 is 0.585 bits per heavy atom. The highest BCUT2D eigenvalue weighted by molar-refractivity contribution is 5.27. The van der Waals surface area contributed by atoms with Crippen LogP contribution in [0.1, 0.15) is 112 Å². The van der Waals surface area contributed by atoms with Gasteiger partial charge in [0.25, 0.3) is 0 Å². The second-order valence-corrected chi connectivity index (χ2v) is 12.3. The Labute approximate surface area is 248 Å². The summed E-state index contributed by atoms with van der Waals surface area (Å²) in [4.78, 5) is 0. The number of unbranched alkanes of at least 4 members (excludes halogenated alkanes) is 4. The smallest absolute Gasteiger partial charge is 0.126 e. The molecular weight excluding hydrogens is 515 g/mol. The predicted octanol–water partition coefficient (Wildman–Crippen LogP) is 9.25. The van der Waals surface area contributed by atoms with Gasteiger partial charge in [-0.15, -0.1) is 0 Å². The van der Waals surface area contributed by atoms with Crippen molar-refractivity contribution in [3.8, 4) is 5.75 Å². The lowest BCUT2D eigenvalue weighted by molar-refractivity contribution is -0.0349.